The molecule has 0 aliphatic carbocycles. The van der Waals surface area contributed by atoms with Gasteiger partial charge in [0.2, 0.25) is 0 Å². The third kappa shape index (κ3) is 2.32. The van der Waals surface area contributed by atoms with Gasteiger partial charge in [0, 0.05) is 5.39 Å². The Hall–Kier alpha value is -2.13. The first kappa shape index (κ1) is 12.9. The van der Waals surface area contributed by atoms with Gasteiger partial charge in [-0.25, -0.2) is 4.39 Å². The normalized spacial score (nSPS) is 12.8. The van der Waals surface area contributed by atoms with E-state index in [0.29, 0.717) is 17.7 Å². The summed E-state index contributed by atoms with van der Waals surface area (Å²) in [7, 11) is 0. The first-order valence-electron chi connectivity index (χ1n) is 6.63. The highest BCUT2D eigenvalue weighted by Gasteiger charge is 2.15. The van der Waals surface area contributed by atoms with Crippen molar-refractivity contribution in [3.63, 3.8) is 0 Å². The molecule has 0 amide bonds. The largest absolute Gasteiger partial charge is 0.459 e. The van der Waals surface area contributed by atoms with Gasteiger partial charge in [0.15, 0.2) is 0 Å². The Kier molecular flexibility index (Phi) is 3.28. The number of nitrogens with two attached hydrogens (primary N) is 1. The van der Waals surface area contributed by atoms with Crippen LogP contribution >= 0.6 is 0 Å². The average molecular weight is 269 g/mol. The van der Waals surface area contributed by atoms with E-state index >= 15 is 0 Å². The average Bonchev–Trinajstić information content (AvgIpc) is 2.87. The highest BCUT2D eigenvalue weighted by Crippen LogP contribution is 2.27. The Morgan fingerprint density at radius 1 is 1.15 bits per heavy atom. The summed E-state index contributed by atoms with van der Waals surface area (Å²) in [6.07, 6.45) is 0.422. The zero-order valence-electron chi connectivity index (χ0n) is 11.3. The van der Waals surface area contributed by atoms with Crippen LogP contribution in [0.4, 0.5) is 4.39 Å². The second-order valence-electron chi connectivity index (χ2n) is 5.04. The zero-order chi connectivity index (χ0) is 14.1. The lowest BCUT2D eigenvalue weighted by atomic mass is 10.0. The number of rotatable bonds is 3. The van der Waals surface area contributed by atoms with Crippen molar-refractivity contribution in [2.45, 2.75) is 19.4 Å². The fourth-order valence-corrected chi connectivity index (χ4v) is 2.41. The van der Waals surface area contributed by atoms with Gasteiger partial charge in [0.1, 0.15) is 17.2 Å². The molecular weight excluding hydrogens is 253 g/mol. The molecule has 0 aliphatic rings. The molecule has 20 heavy (non-hydrogen) atoms. The van der Waals surface area contributed by atoms with E-state index < -0.39 is 0 Å². The Labute approximate surface area is 117 Å². The van der Waals surface area contributed by atoms with Crippen molar-refractivity contribution in [1.29, 1.82) is 0 Å². The molecule has 0 aliphatic heterocycles. The van der Waals surface area contributed by atoms with Crippen LogP contribution in [0.5, 0.6) is 0 Å². The third-order valence-electron chi connectivity index (χ3n) is 3.52. The summed E-state index contributed by atoms with van der Waals surface area (Å²) in [5.74, 6) is 0.466. The lowest BCUT2D eigenvalue weighted by molar-refractivity contribution is 0.486. The lowest BCUT2D eigenvalue weighted by Crippen LogP contribution is -2.13. The highest BCUT2D eigenvalue weighted by molar-refractivity contribution is 5.81. The number of furan rings is 1. The monoisotopic (exact) mass is 269 g/mol. The topological polar surface area (TPSA) is 39.2 Å². The van der Waals surface area contributed by atoms with Gasteiger partial charge in [-0.15, -0.1) is 0 Å². The van der Waals surface area contributed by atoms with Crippen molar-refractivity contribution in [2.75, 3.05) is 0 Å². The van der Waals surface area contributed by atoms with E-state index in [1.165, 1.54) is 6.07 Å². The first-order valence-corrected chi connectivity index (χ1v) is 6.63. The van der Waals surface area contributed by atoms with Crippen molar-refractivity contribution in [1.82, 2.24) is 0 Å². The van der Waals surface area contributed by atoms with Crippen LogP contribution in [0.3, 0.4) is 0 Å². The number of halogens is 1. The number of para-hydroxylation sites is 1. The first-order chi connectivity index (χ1) is 9.65. The van der Waals surface area contributed by atoms with Crippen molar-refractivity contribution in [2.24, 2.45) is 5.73 Å². The molecular formula is C17H16FNO. The summed E-state index contributed by atoms with van der Waals surface area (Å²) in [6, 6.07) is 14.3. The lowest BCUT2D eigenvalue weighted by Gasteiger charge is -2.09. The molecule has 3 aromatic rings. The van der Waals surface area contributed by atoms with Crippen LogP contribution in [0.2, 0.25) is 0 Å². The molecule has 0 saturated carbocycles. The molecule has 2 nitrogen and oxygen atoms in total. The smallest absolute Gasteiger partial charge is 0.137 e. The molecule has 3 heteroatoms. The molecule has 2 N–H and O–H groups in total. The van der Waals surface area contributed by atoms with Crippen LogP contribution < -0.4 is 5.73 Å². The number of fused-ring (bicyclic) bond motifs is 1. The fourth-order valence-electron chi connectivity index (χ4n) is 2.41. The van der Waals surface area contributed by atoms with Crippen molar-refractivity contribution in [3.05, 3.63) is 71.2 Å². The zero-order valence-corrected chi connectivity index (χ0v) is 11.3. The number of hydrogen-bond donors (Lipinski definition) is 1. The van der Waals surface area contributed by atoms with Gasteiger partial charge in [0.25, 0.3) is 0 Å². The Morgan fingerprint density at radius 2 is 1.95 bits per heavy atom. The van der Waals surface area contributed by atoms with Crippen LogP contribution in [-0.4, -0.2) is 0 Å². The molecule has 0 fully saturated rings. The van der Waals surface area contributed by atoms with Crippen LogP contribution in [0.25, 0.3) is 11.0 Å². The molecule has 0 bridgehead atoms. The summed E-state index contributed by atoms with van der Waals surface area (Å²) in [5, 5.41) is 1.03. The van der Waals surface area contributed by atoms with E-state index in [1.54, 1.807) is 12.1 Å². The van der Waals surface area contributed by atoms with E-state index in [1.807, 2.05) is 37.3 Å². The number of aryl methyl sites for hydroxylation is 1. The van der Waals surface area contributed by atoms with Crippen molar-refractivity contribution >= 4 is 11.0 Å². The second kappa shape index (κ2) is 5.10. The molecule has 102 valence electrons. The standard InChI is InChI=1S/C17H16FNO/c1-11-5-4-7-13-10-16(20-17(11)13)15(19)9-12-6-2-3-8-14(12)18/h2-8,10,15H,9,19H2,1H3. The minimum absolute atomic E-state index is 0.227. The SMILES string of the molecule is Cc1cccc2cc(C(N)Cc3ccccc3F)oc12. The maximum Gasteiger partial charge on any atom is 0.137 e. The fraction of sp³-hybridized carbons (Fsp3) is 0.176. The molecule has 3 rings (SSSR count). The van der Waals surface area contributed by atoms with Gasteiger partial charge in [0.05, 0.1) is 6.04 Å². The summed E-state index contributed by atoms with van der Waals surface area (Å²) < 4.78 is 19.5. The molecule has 1 aromatic heterocycles. The molecule has 2 aromatic carbocycles. The van der Waals surface area contributed by atoms with Gasteiger partial charge in [-0.3, -0.25) is 0 Å². The molecule has 0 radical (unpaired) electrons. The van der Waals surface area contributed by atoms with Gasteiger partial charge in [-0.2, -0.15) is 0 Å². The number of hydrogen-bond acceptors (Lipinski definition) is 2. The Bertz CT molecular complexity index is 748. The minimum Gasteiger partial charge on any atom is -0.459 e. The van der Waals surface area contributed by atoms with E-state index in [9.17, 15) is 4.39 Å². The Morgan fingerprint density at radius 3 is 2.70 bits per heavy atom. The minimum atomic E-state index is -0.348. The quantitative estimate of drug-likeness (QED) is 0.776. The van der Waals surface area contributed by atoms with Gasteiger partial charge >= 0.3 is 0 Å². The third-order valence-corrected chi connectivity index (χ3v) is 3.52. The number of benzene rings is 2. The van der Waals surface area contributed by atoms with Gasteiger partial charge < -0.3 is 10.2 Å². The second-order valence-corrected chi connectivity index (χ2v) is 5.04. The summed E-state index contributed by atoms with van der Waals surface area (Å²) in [4.78, 5) is 0. The molecule has 0 spiro atoms. The summed E-state index contributed by atoms with van der Waals surface area (Å²) >= 11 is 0. The predicted molar refractivity (Wildman–Crippen MR) is 78.0 cm³/mol. The van der Waals surface area contributed by atoms with E-state index in [-0.39, 0.29) is 11.9 Å². The van der Waals surface area contributed by atoms with Crippen LogP contribution in [0, 0.1) is 12.7 Å². The maximum atomic E-state index is 13.6. The van der Waals surface area contributed by atoms with E-state index in [2.05, 4.69) is 0 Å². The maximum absolute atomic E-state index is 13.6. The van der Waals surface area contributed by atoms with Crippen molar-refractivity contribution < 1.29 is 8.81 Å². The molecule has 1 heterocycles. The predicted octanol–water partition coefficient (Wildman–Crippen LogP) is 4.12. The molecule has 1 atom stereocenters. The van der Waals surface area contributed by atoms with E-state index in [4.69, 9.17) is 10.2 Å². The van der Waals surface area contributed by atoms with Gasteiger partial charge in [-0.1, -0.05) is 36.4 Å². The van der Waals surface area contributed by atoms with Crippen molar-refractivity contribution in [3.8, 4) is 0 Å². The summed E-state index contributed by atoms with van der Waals surface area (Å²) in [6.45, 7) is 2.00. The van der Waals surface area contributed by atoms with Gasteiger partial charge in [-0.05, 0) is 36.6 Å². The van der Waals surface area contributed by atoms with Crippen LogP contribution in [-0.2, 0) is 6.42 Å². The summed E-state index contributed by atoms with van der Waals surface area (Å²) in [5.41, 5.74) is 8.69. The highest BCUT2D eigenvalue weighted by atomic mass is 19.1. The van der Waals surface area contributed by atoms with Crippen LogP contribution in [0.15, 0.2) is 52.9 Å². The van der Waals surface area contributed by atoms with E-state index in [0.717, 1.165) is 16.5 Å². The Balaban J connectivity index is 1.91. The molecule has 1 unspecified atom stereocenters. The van der Waals surface area contributed by atoms with Crippen LogP contribution in [0.1, 0.15) is 22.9 Å². The molecule has 0 saturated heterocycles.